The number of fused-ring (bicyclic) bond motifs is 3. The fraction of sp³-hybridized carbons (Fsp3) is 0.0189. The highest BCUT2D eigenvalue weighted by Crippen LogP contribution is 2.35. The average Bonchev–Trinajstić information content (AvgIpc) is 3.29. The first kappa shape index (κ1) is 34.0. The summed E-state index contributed by atoms with van der Waals surface area (Å²) in [5, 5.41) is 2.17. The van der Waals surface area contributed by atoms with Crippen molar-refractivity contribution in [1.82, 2.24) is 19.9 Å². The van der Waals surface area contributed by atoms with E-state index in [1.165, 1.54) is 11.1 Å². The molecule has 0 N–H and O–H groups in total. The molecule has 0 radical (unpaired) electrons. The molecular formula is C53H36N4. The maximum atomic E-state index is 5.11. The highest BCUT2D eigenvalue weighted by atomic mass is 14.9. The van der Waals surface area contributed by atoms with Crippen LogP contribution in [-0.4, -0.2) is 19.9 Å². The Morgan fingerprint density at radius 1 is 0.298 bits per heavy atom. The molecule has 0 bridgehead atoms. The molecule has 0 amide bonds. The van der Waals surface area contributed by atoms with E-state index in [-0.39, 0.29) is 0 Å². The molecule has 0 spiro atoms. The number of hydrogen-bond donors (Lipinski definition) is 0. The maximum Gasteiger partial charge on any atom is 0.160 e. The first-order valence-corrected chi connectivity index (χ1v) is 19.2. The Kier molecular flexibility index (Phi) is 8.69. The van der Waals surface area contributed by atoms with Gasteiger partial charge in [-0.1, -0.05) is 182 Å². The maximum absolute atomic E-state index is 5.11. The lowest BCUT2D eigenvalue weighted by Gasteiger charge is -2.12. The summed E-state index contributed by atoms with van der Waals surface area (Å²) in [6.45, 7) is 2.06. The normalized spacial score (nSPS) is 11.2. The second-order valence-corrected chi connectivity index (χ2v) is 14.3. The lowest BCUT2D eigenvalue weighted by atomic mass is 9.96. The zero-order valence-corrected chi connectivity index (χ0v) is 31.3. The lowest BCUT2D eigenvalue weighted by molar-refractivity contribution is 1.18. The van der Waals surface area contributed by atoms with Crippen LogP contribution in [0.25, 0.3) is 100 Å². The number of aryl methyl sites for hydroxylation is 1. The van der Waals surface area contributed by atoms with E-state index in [2.05, 4.69) is 165 Å². The van der Waals surface area contributed by atoms with E-state index in [0.29, 0.717) is 5.82 Å². The van der Waals surface area contributed by atoms with Crippen LogP contribution in [0.2, 0.25) is 0 Å². The average molecular weight is 729 g/mol. The molecule has 3 aromatic heterocycles. The minimum absolute atomic E-state index is 0.693. The second-order valence-electron chi connectivity index (χ2n) is 14.3. The molecule has 0 saturated heterocycles. The topological polar surface area (TPSA) is 51.6 Å². The Hall–Kier alpha value is -7.56. The van der Waals surface area contributed by atoms with Crippen LogP contribution in [0.3, 0.4) is 0 Å². The SMILES string of the molecule is Cc1cc(-c2ccc(-c3ccc(-c4nc(-c5ccccc5)cc(-c5ccc(-c6ccccc6)cc5)n4)cc3)cc2)c2ccc3ccc(-c4ccccc4)nc3c2n1. The van der Waals surface area contributed by atoms with Gasteiger partial charge in [-0.25, -0.2) is 15.0 Å². The molecule has 0 aliphatic rings. The monoisotopic (exact) mass is 728 g/mol. The lowest BCUT2D eigenvalue weighted by Crippen LogP contribution is -1.96. The number of rotatable bonds is 7. The number of hydrogen-bond acceptors (Lipinski definition) is 4. The highest BCUT2D eigenvalue weighted by Gasteiger charge is 2.14. The molecule has 0 atom stereocenters. The van der Waals surface area contributed by atoms with Gasteiger partial charge >= 0.3 is 0 Å². The van der Waals surface area contributed by atoms with Crippen molar-refractivity contribution in [2.75, 3.05) is 0 Å². The second kappa shape index (κ2) is 14.6. The summed E-state index contributed by atoms with van der Waals surface area (Å²) in [5.41, 5.74) is 16.6. The zero-order valence-electron chi connectivity index (χ0n) is 31.3. The highest BCUT2D eigenvalue weighted by molar-refractivity contribution is 6.08. The number of aromatic nitrogens is 4. The van der Waals surface area contributed by atoms with Gasteiger partial charge < -0.3 is 0 Å². The van der Waals surface area contributed by atoms with Crippen LogP contribution < -0.4 is 0 Å². The molecule has 0 aliphatic heterocycles. The van der Waals surface area contributed by atoms with Gasteiger partial charge in [0, 0.05) is 38.7 Å². The zero-order chi connectivity index (χ0) is 38.1. The molecule has 57 heavy (non-hydrogen) atoms. The fourth-order valence-electron chi connectivity index (χ4n) is 7.61. The van der Waals surface area contributed by atoms with Crippen LogP contribution in [-0.2, 0) is 0 Å². The minimum Gasteiger partial charge on any atom is -0.251 e. The Bertz CT molecular complexity index is 3020. The molecule has 0 fully saturated rings. The molecule has 10 rings (SSSR count). The van der Waals surface area contributed by atoms with E-state index < -0.39 is 0 Å². The van der Waals surface area contributed by atoms with E-state index >= 15 is 0 Å². The first-order valence-electron chi connectivity index (χ1n) is 19.2. The summed E-state index contributed by atoms with van der Waals surface area (Å²) in [6.07, 6.45) is 0. The molecule has 4 heteroatoms. The van der Waals surface area contributed by atoms with E-state index in [9.17, 15) is 0 Å². The molecule has 3 heterocycles. The third kappa shape index (κ3) is 6.75. The summed E-state index contributed by atoms with van der Waals surface area (Å²) in [6, 6.07) is 69.9. The van der Waals surface area contributed by atoms with Gasteiger partial charge in [0.15, 0.2) is 5.82 Å². The number of benzene rings is 7. The van der Waals surface area contributed by atoms with E-state index in [1.807, 2.05) is 42.5 Å². The van der Waals surface area contributed by atoms with Gasteiger partial charge in [-0.15, -0.1) is 0 Å². The molecule has 7 aromatic carbocycles. The van der Waals surface area contributed by atoms with Gasteiger partial charge in [-0.2, -0.15) is 0 Å². The quantitative estimate of drug-likeness (QED) is 0.153. The van der Waals surface area contributed by atoms with Crippen LogP contribution in [0.4, 0.5) is 0 Å². The van der Waals surface area contributed by atoms with Gasteiger partial charge in [0.2, 0.25) is 0 Å². The van der Waals surface area contributed by atoms with Crippen molar-refractivity contribution in [3.8, 4) is 78.5 Å². The summed E-state index contributed by atoms with van der Waals surface area (Å²) in [5.74, 6) is 0.693. The fourth-order valence-corrected chi connectivity index (χ4v) is 7.61. The Morgan fingerprint density at radius 2 is 0.737 bits per heavy atom. The molecule has 268 valence electrons. The molecule has 0 saturated carbocycles. The molecule has 10 aromatic rings. The summed E-state index contributed by atoms with van der Waals surface area (Å²) >= 11 is 0. The van der Waals surface area contributed by atoms with Gasteiger partial charge in [0.05, 0.1) is 28.1 Å². The molecule has 0 aliphatic carbocycles. The minimum atomic E-state index is 0.693. The van der Waals surface area contributed by atoms with Crippen molar-refractivity contribution in [3.63, 3.8) is 0 Å². The van der Waals surface area contributed by atoms with Crippen molar-refractivity contribution in [3.05, 3.63) is 206 Å². The largest absolute Gasteiger partial charge is 0.251 e. The number of nitrogens with zero attached hydrogens (tertiary/aromatic N) is 4. The van der Waals surface area contributed by atoms with Crippen LogP contribution in [0.1, 0.15) is 5.69 Å². The summed E-state index contributed by atoms with van der Waals surface area (Å²) in [4.78, 5) is 20.3. The van der Waals surface area contributed by atoms with Crippen molar-refractivity contribution >= 4 is 21.8 Å². The third-order valence-corrected chi connectivity index (χ3v) is 10.6. The third-order valence-electron chi connectivity index (χ3n) is 10.6. The van der Waals surface area contributed by atoms with Gasteiger partial charge in [0.1, 0.15) is 0 Å². The predicted molar refractivity (Wildman–Crippen MR) is 235 cm³/mol. The Morgan fingerprint density at radius 3 is 1.32 bits per heavy atom. The Labute approximate surface area is 331 Å². The van der Waals surface area contributed by atoms with Gasteiger partial charge in [-0.05, 0) is 58.5 Å². The first-order chi connectivity index (χ1) is 28.1. The van der Waals surface area contributed by atoms with Crippen LogP contribution in [0, 0.1) is 6.92 Å². The van der Waals surface area contributed by atoms with Crippen molar-refractivity contribution < 1.29 is 0 Å². The van der Waals surface area contributed by atoms with Crippen LogP contribution in [0.15, 0.2) is 200 Å². The van der Waals surface area contributed by atoms with Crippen molar-refractivity contribution in [2.45, 2.75) is 6.92 Å². The molecular weight excluding hydrogens is 693 g/mol. The van der Waals surface area contributed by atoms with Crippen molar-refractivity contribution in [1.29, 1.82) is 0 Å². The van der Waals surface area contributed by atoms with Crippen LogP contribution in [0.5, 0.6) is 0 Å². The van der Waals surface area contributed by atoms with Crippen LogP contribution >= 0.6 is 0 Å². The van der Waals surface area contributed by atoms with Gasteiger partial charge in [-0.3, -0.25) is 4.98 Å². The number of pyridine rings is 2. The molecule has 4 nitrogen and oxygen atoms in total. The van der Waals surface area contributed by atoms with Crippen molar-refractivity contribution in [2.24, 2.45) is 0 Å². The van der Waals surface area contributed by atoms with E-state index in [4.69, 9.17) is 19.9 Å². The van der Waals surface area contributed by atoms with E-state index in [0.717, 1.165) is 89.1 Å². The Balaban J connectivity index is 0.965. The predicted octanol–water partition coefficient (Wildman–Crippen LogP) is 13.6. The summed E-state index contributed by atoms with van der Waals surface area (Å²) < 4.78 is 0. The van der Waals surface area contributed by atoms with E-state index in [1.54, 1.807) is 0 Å². The smallest absolute Gasteiger partial charge is 0.160 e. The summed E-state index contributed by atoms with van der Waals surface area (Å²) in [7, 11) is 0. The molecule has 0 unspecified atom stereocenters. The van der Waals surface area contributed by atoms with Gasteiger partial charge in [0.25, 0.3) is 0 Å². The standard InChI is InChI=1S/C53H36N4/c1-35-33-47(46-31-29-44-30-32-48(41-13-7-3-8-14-41)55-51(44)52(46)54-35)40-23-17-38(18-24-40)39-21-27-45(28-22-39)53-56-49(42-15-9-4-10-16-42)34-50(57-53)43-25-19-37(20-26-43)36-11-5-2-6-12-36/h2-34H,1H3.